The van der Waals surface area contributed by atoms with E-state index in [-0.39, 0.29) is 11.9 Å². The number of amides is 1. The van der Waals surface area contributed by atoms with Crippen molar-refractivity contribution in [2.45, 2.75) is 19.4 Å². The number of anilines is 1. The summed E-state index contributed by atoms with van der Waals surface area (Å²) in [6, 6.07) is 10.6. The third-order valence-electron chi connectivity index (χ3n) is 4.53. The van der Waals surface area contributed by atoms with Gasteiger partial charge in [-0.15, -0.1) is 0 Å². The smallest absolute Gasteiger partial charge is 0.223 e. The maximum Gasteiger partial charge on any atom is 0.223 e. The molecule has 0 radical (unpaired) electrons. The second kappa shape index (κ2) is 8.15. The maximum absolute atomic E-state index is 12.1. The van der Waals surface area contributed by atoms with Crippen LogP contribution in [0.15, 0.2) is 30.3 Å². The standard InChI is InChI=1S/C17H28N4O/c1-15(14-18)19(2)17(22)8-9-20-10-12-21(13-11-20)16-6-4-3-5-7-16/h3-7,15H,8-14,18H2,1-2H3. The van der Waals surface area contributed by atoms with Crippen LogP contribution in [0.5, 0.6) is 0 Å². The number of para-hydroxylation sites is 1. The topological polar surface area (TPSA) is 52.8 Å². The summed E-state index contributed by atoms with van der Waals surface area (Å²) in [5, 5.41) is 0. The zero-order chi connectivity index (χ0) is 15.9. The van der Waals surface area contributed by atoms with E-state index in [1.165, 1.54) is 5.69 Å². The van der Waals surface area contributed by atoms with Crippen molar-refractivity contribution in [3.63, 3.8) is 0 Å². The van der Waals surface area contributed by atoms with Crippen LogP contribution < -0.4 is 10.6 Å². The van der Waals surface area contributed by atoms with Gasteiger partial charge < -0.3 is 15.5 Å². The highest BCUT2D eigenvalue weighted by molar-refractivity contribution is 5.76. The summed E-state index contributed by atoms with van der Waals surface area (Å²) >= 11 is 0. The zero-order valence-electron chi connectivity index (χ0n) is 13.7. The molecule has 2 N–H and O–H groups in total. The first kappa shape index (κ1) is 16.8. The molecule has 22 heavy (non-hydrogen) atoms. The van der Waals surface area contributed by atoms with Crippen LogP contribution in [0.1, 0.15) is 13.3 Å². The molecule has 1 aromatic rings. The lowest BCUT2D eigenvalue weighted by atomic mass is 10.2. The molecule has 1 atom stereocenters. The van der Waals surface area contributed by atoms with E-state index in [1.807, 2.05) is 20.0 Å². The van der Waals surface area contributed by atoms with E-state index in [2.05, 4.69) is 34.1 Å². The Morgan fingerprint density at radius 3 is 2.45 bits per heavy atom. The van der Waals surface area contributed by atoms with Gasteiger partial charge in [0.2, 0.25) is 5.91 Å². The van der Waals surface area contributed by atoms with E-state index in [9.17, 15) is 4.79 Å². The van der Waals surface area contributed by atoms with Gasteiger partial charge in [0.15, 0.2) is 0 Å². The van der Waals surface area contributed by atoms with E-state index in [0.717, 1.165) is 32.7 Å². The van der Waals surface area contributed by atoms with Crippen LogP contribution >= 0.6 is 0 Å². The summed E-state index contributed by atoms with van der Waals surface area (Å²) in [4.78, 5) is 18.6. The number of benzene rings is 1. The Hall–Kier alpha value is -1.59. The van der Waals surface area contributed by atoms with Gasteiger partial charge in [0.1, 0.15) is 0 Å². The third-order valence-corrected chi connectivity index (χ3v) is 4.53. The Morgan fingerprint density at radius 1 is 1.23 bits per heavy atom. The van der Waals surface area contributed by atoms with E-state index in [1.54, 1.807) is 4.90 Å². The van der Waals surface area contributed by atoms with Gasteiger partial charge in [-0.25, -0.2) is 0 Å². The number of likely N-dealkylation sites (N-methyl/N-ethyl adjacent to an activating group) is 1. The largest absolute Gasteiger partial charge is 0.369 e. The first-order chi connectivity index (χ1) is 10.6. The number of carbonyl (C=O) groups is 1. The summed E-state index contributed by atoms with van der Waals surface area (Å²) in [6.07, 6.45) is 0.576. The molecule has 0 saturated carbocycles. The van der Waals surface area contributed by atoms with Gasteiger partial charge in [0.05, 0.1) is 0 Å². The number of nitrogens with zero attached hydrogens (tertiary/aromatic N) is 3. The minimum absolute atomic E-state index is 0.113. The second-order valence-electron chi connectivity index (χ2n) is 6.00. The monoisotopic (exact) mass is 304 g/mol. The number of piperazine rings is 1. The van der Waals surface area contributed by atoms with Crippen LogP contribution in [0, 0.1) is 0 Å². The van der Waals surface area contributed by atoms with E-state index in [0.29, 0.717) is 13.0 Å². The SMILES string of the molecule is CC(CN)N(C)C(=O)CCN1CCN(c2ccccc2)CC1. The van der Waals surface area contributed by atoms with Gasteiger partial charge in [0.25, 0.3) is 0 Å². The summed E-state index contributed by atoms with van der Waals surface area (Å²) < 4.78 is 0. The van der Waals surface area contributed by atoms with Crippen LogP contribution in [-0.2, 0) is 4.79 Å². The van der Waals surface area contributed by atoms with E-state index in [4.69, 9.17) is 5.73 Å². The Bertz CT molecular complexity index is 457. The lowest BCUT2D eigenvalue weighted by Crippen LogP contribution is -2.48. The van der Waals surface area contributed by atoms with Crippen LogP contribution in [0.25, 0.3) is 0 Å². The van der Waals surface area contributed by atoms with Crippen molar-refractivity contribution in [2.24, 2.45) is 5.73 Å². The molecule has 1 aliphatic rings. The van der Waals surface area contributed by atoms with Crippen LogP contribution in [0.2, 0.25) is 0 Å². The molecule has 1 aliphatic heterocycles. The van der Waals surface area contributed by atoms with Gasteiger partial charge >= 0.3 is 0 Å². The summed E-state index contributed by atoms with van der Waals surface area (Å²) in [6.45, 7) is 7.40. The molecule has 1 fully saturated rings. The van der Waals surface area contributed by atoms with Crippen molar-refractivity contribution in [1.82, 2.24) is 9.80 Å². The molecule has 5 nitrogen and oxygen atoms in total. The second-order valence-corrected chi connectivity index (χ2v) is 6.00. The molecular formula is C17H28N4O. The maximum atomic E-state index is 12.1. The van der Waals surface area contributed by atoms with Gasteiger partial charge in [-0.2, -0.15) is 0 Å². The summed E-state index contributed by atoms with van der Waals surface area (Å²) in [5.74, 6) is 0.184. The molecule has 0 spiro atoms. The van der Waals surface area contributed by atoms with Gasteiger partial charge in [-0.05, 0) is 19.1 Å². The quantitative estimate of drug-likeness (QED) is 0.852. The van der Waals surface area contributed by atoms with Crippen LogP contribution in [0.4, 0.5) is 5.69 Å². The van der Waals surface area contributed by atoms with Crippen molar-refractivity contribution in [3.05, 3.63) is 30.3 Å². The average molecular weight is 304 g/mol. The molecule has 1 unspecified atom stereocenters. The lowest BCUT2D eigenvalue weighted by Gasteiger charge is -2.36. The molecule has 0 aromatic heterocycles. The predicted molar refractivity (Wildman–Crippen MR) is 91.0 cm³/mol. The van der Waals surface area contributed by atoms with Gasteiger partial charge in [0, 0.05) is 64.5 Å². The van der Waals surface area contributed by atoms with E-state index >= 15 is 0 Å². The molecule has 0 bridgehead atoms. The van der Waals surface area contributed by atoms with Gasteiger partial charge in [-0.1, -0.05) is 18.2 Å². The number of hydrogen-bond acceptors (Lipinski definition) is 4. The van der Waals surface area contributed by atoms with Crippen molar-refractivity contribution < 1.29 is 4.79 Å². The zero-order valence-corrected chi connectivity index (χ0v) is 13.7. The van der Waals surface area contributed by atoms with Crippen LogP contribution in [-0.4, -0.2) is 68.1 Å². The number of hydrogen-bond donors (Lipinski definition) is 1. The highest BCUT2D eigenvalue weighted by Gasteiger charge is 2.19. The highest BCUT2D eigenvalue weighted by Crippen LogP contribution is 2.15. The highest BCUT2D eigenvalue weighted by atomic mass is 16.2. The Balaban J connectivity index is 1.73. The fraction of sp³-hybridized carbons (Fsp3) is 0.588. The minimum atomic E-state index is 0.113. The number of carbonyl (C=O) groups excluding carboxylic acids is 1. The Morgan fingerprint density at radius 2 is 1.86 bits per heavy atom. The fourth-order valence-electron chi connectivity index (χ4n) is 2.70. The Labute approximate surface area is 133 Å². The van der Waals surface area contributed by atoms with Crippen molar-refractivity contribution in [2.75, 3.05) is 51.2 Å². The molecule has 2 rings (SSSR count). The summed E-state index contributed by atoms with van der Waals surface area (Å²) in [7, 11) is 1.84. The first-order valence-electron chi connectivity index (χ1n) is 8.10. The molecule has 1 amide bonds. The minimum Gasteiger partial charge on any atom is -0.369 e. The van der Waals surface area contributed by atoms with Crippen molar-refractivity contribution in [1.29, 1.82) is 0 Å². The summed E-state index contributed by atoms with van der Waals surface area (Å²) in [5.41, 5.74) is 6.90. The fourth-order valence-corrected chi connectivity index (χ4v) is 2.70. The Kier molecular flexibility index (Phi) is 6.21. The van der Waals surface area contributed by atoms with Crippen molar-refractivity contribution >= 4 is 11.6 Å². The molecule has 1 saturated heterocycles. The van der Waals surface area contributed by atoms with E-state index < -0.39 is 0 Å². The first-order valence-corrected chi connectivity index (χ1v) is 8.10. The number of nitrogens with two attached hydrogens (primary N) is 1. The molecular weight excluding hydrogens is 276 g/mol. The third kappa shape index (κ3) is 4.45. The molecule has 1 aromatic carbocycles. The molecule has 0 aliphatic carbocycles. The molecule has 122 valence electrons. The molecule has 5 heteroatoms. The lowest BCUT2D eigenvalue weighted by molar-refractivity contribution is -0.131. The normalized spacial score (nSPS) is 17.3. The van der Waals surface area contributed by atoms with Gasteiger partial charge in [-0.3, -0.25) is 9.69 Å². The number of rotatable bonds is 6. The van der Waals surface area contributed by atoms with Crippen molar-refractivity contribution in [3.8, 4) is 0 Å². The van der Waals surface area contributed by atoms with Crippen LogP contribution in [0.3, 0.4) is 0 Å². The predicted octanol–water partition coefficient (Wildman–Crippen LogP) is 1.00. The average Bonchev–Trinajstić information content (AvgIpc) is 2.59. The molecule has 1 heterocycles.